The third-order valence-corrected chi connectivity index (χ3v) is 9.15. The summed E-state index contributed by atoms with van der Waals surface area (Å²) in [5.74, 6) is -1.02. The van der Waals surface area contributed by atoms with Crippen LogP contribution in [0.5, 0.6) is 0 Å². The average molecular weight is 704 g/mol. The van der Waals surface area contributed by atoms with Gasteiger partial charge in [0.2, 0.25) is 5.91 Å². The highest BCUT2D eigenvalue weighted by atomic mass is 32.2. The van der Waals surface area contributed by atoms with Gasteiger partial charge in [-0.15, -0.1) is 0 Å². The van der Waals surface area contributed by atoms with Gasteiger partial charge in [-0.1, -0.05) is 164 Å². The first-order chi connectivity index (χ1) is 23.8. The van der Waals surface area contributed by atoms with Crippen LogP contribution in [0.2, 0.25) is 0 Å². The number of hydrogen-bond acceptors (Lipinski definition) is 4. The maximum Gasteiger partial charge on any atom is 0.267 e. The number of unbranched alkanes of at least 4 members (excludes halogenated alkanes) is 16. The molecule has 0 aliphatic carbocycles. The molecule has 3 N–H and O–H groups in total. The summed E-state index contributed by atoms with van der Waals surface area (Å²) < 4.78 is 32.4. The molecule has 0 heterocycles. The third-order valence-electron chi connectivity index (χ3n) is 8.37. The van der Waals surface area contributed by atoms with Gasteiger partial charge < -0.3 is 10.4 Å². The molecule has 2 unspecified atom stereocenters. The van der Waals surface area contributed by atoms with Gasteiger partial charge >= 0.3 is 0 Å². The highest BCUT2D eigenvalue weighted by Crippen LogP contribution is 2.12. The largest absolute Gasteiger partial charge is 0.387 e. The van der Waals surface area contributed by atoms with Crippen molar-refractivity contribution in [3.8, 4) is 0 Å². The van der Waals surface area contributed by atoms with Crippen LogP contribution in [-0.2, 0) is 14.9 Å². The van der Waals surface area contributed by atoms with Gasteiger partial charge in [-0.05, 0) is 70.6 Å². The van der Waals surface area contributed by atoms with Crippen molar-refractivity contribution in [1.82, 2.24) is 5.32 Å². The van der Waals surface area contributed by atoms with Gasteiger partial charge in [-0.25, -0.2) is 0 Å². The lowest BCUT2D eigenvalue weighted by molar-refractivity contribution is -0.122. The van der Waals surface area contributed by atoms with E-state index in [2.05, 4.69) is 79.9 Å². The highest BCUT2D eigenvalue weighted by Gasteiger charge is 2.24. The fraction of sp³-hybridized carbons (Fsp3) is 0.690. The molecule has 0 aromatic rings. The Morgan fingerprint density at radius 2 is 1.00 bits per heavy atom. The molecular weight excluding hydrogens is 631 g/mol. The first kappa shape index (κ1) is 46.8. The molecule has 0 rings (SSSR count). The highest BCUT2D eigenvalue weighted by molar-refractivity contribution is 7.85. The van der Waals surface area contributed by atoms with Gasteiger partial charge in [0.05, 0.1) is 17.9 Å². The lowest BCUT2D eigenvalue weighted by atomic mass is 10.1. The van der Waals surface area contributed by atoms with Gasteiger partial charge in [0, 0.05) is 6.42 Å². The SMILES string of the molecule is CC/C=C\C/C=C\C/C=C\C/C=C\CCCCCCCCCCC(=O)NC(CS(=O)(=O)O)C(O)/C=C/CC/C=C/CCCCCCCCC. The second kappa shape index (κ2) is 35.6. The van der Waals surface area contributed by atoms with E-state index >= 15 is 0 Å². The van der Waals surface area contributed by atoms with Crippen molar-refractivity contribution in [1.29, 1.82) is 0 Å². The van der Waals surface area contributed by atoms with Crippen LogP contribution in [0.15, 0.2) is 72.9 Å². The molecule has 282 valence electrons. The molecule has 0 saturated heterocycles. The van der Waals surface area contributed by atoms with Crippen LogP contribution in [0.25, 0.3) is 0 Å². The van der Waals surface area contributed by atoms with E-state index in [-0.39, 0.29) is 12.3 Å². The first-order valence-corrected chi connectivity index (χ1v) is 21.2. The standard InChI is InChI=1S/C42H73NO5S/c1-3-5-7-9-11-13-15-17-18-19-20-21-22-23-24-26-28-30-32-34-36-38-42(45)43-40(39-49(46,47)48)41(44)37-35-33-31-29-27-25-16-14-12-10-8-6-4-2/h5,7,11,13,17-18,20-21,27,29,35,37,40-41,44H,3-4,6,8-10,12,14-16,19,22-26,28,30-34,36,38-39H2,1-2H3,(H,43,45)(H,46,47,48)/b7-5-,13-11-,18-17-,21-20-,29-27+,37-35+. The molecule has 49 heavy (non-hydrogen) atoms. The van der Waals surface area contributed by atoms with E-state index in [0.29, 0.717) is 12.8 Å². The van der Waals surface area contributed by atoms with Crippen molar-refractivity contribution in [3.05, 3.63) is 72.9 Å². The zero-order valence-corrected chi connectivity index (χ0v) is 32.1. The topological polar surface area (TPSA) is 104 Å². The number of aliphatic hydroxyl groups excluding tert-OH is 1. The molecule has 0 saturated carbocycles. The van der Waals surface area contributed by atoms with E-state index in [1.54, 1.807) is 6.08 Å². The van der Waals surface area contributed by atoms with Crippen molar-refractivity contribution in [2.45, 2.75) is 180 Å². The Kier molecular flexibility index (Phi) is 34.0. The summed E-state index contributed by atoms with van der Waals surface area (Å²) in [6.45, 7) is 4.38. The van der Waals surface area contributed by atoms with E-state index in [9.17, 15) is 22.9 Å². The predicted molar refractivity (Wildman–Crippen MR) is 211 cm³/mol. The van der Waals surface area contributed by atoms with Crippen LogP contribution < -0.4 is 5.32 Å². The first-order valence-electron chi connectivity index (χ1n) is 19.6. The summed E-state index contributed by atoms with van der Waals surface area (Å²) in [4.78, 5) is 12.5. The van der Waals surface area contributed by atoms with Crippen molar-refractivity contribution in [3.63, 3.8) is 0 Å². The Morgan fingerprint density at radius 3 is 1.53 bits per heavy atom. The fourth-order valence-electron chi connectivity index (χ4n) is 5.45. The second-order valence-electron chi connectivity index (χ2n) is 13.2. The zero-order chi connectivity index (χ0) is 36.1. The summed E-state index contributed by atoms with van der Waals surface area (Å²) in [6.07, 6.45) is 50.3. The van der Waals surface area contributed by atoms with Crippen molar-refractivity contribution >= 4 is 16.0 Å². The van der Waals surface area contributed by atoms with E-state index < -0.39 is 28.0 Å². The molecule has 0 aromatic carbocycles. The summed E-state index contributed by atoms with van der Waals surface area (Å²) in [7, 11) is -4.36. The summed E-state index contributed by atoms with van der Waals surface area (Å²) in [5, 5.41) is 13.2. The lowest BCUT2D eigenvalue weighted by Gasteiger charge is -2.21. The van der Waals surface area contributed by atoms with E-state index in [4.69, 9.17) is 0 Å². The van der Waals surface area contributed by atoms with E-state index in [1.807, 2.05) is 0 Å². The minimum Gasteiger partial charge on any atom is -0.387 e. The number of carbonyl (C=O) groups excluding carboxylic acids is 1. The van der Waals surface area contributed by atoms with Crippen molar-refractivity contribution in [2.24, 2.45) is 0 Å². The third kappa shape index (κ3) is 36.9. The van der Waals surface area contributed by atoms with Gasteiger partial charge in [0.25, 0.3) is 10.1 Å². The van der Waals surface area contributed by atoms with Gasteiger partial charge in [0.1, 0.15) is 0 Å². The molecule has 7 heteroatoms. The Morgan fingerprint density at radius 1 is 0.571 bits per heavy atom. The zero-order valence-electron chi connectivity index (χ0n) is 31.3. The molecule has 0 bridgehead atoms. The Balaban J connectivity index is 3.99. The fourth-order valence-corrected chi connectivity index (χ4v) is 6.19. The average Bonchev–Trinajstić information content (AvgIpc) is 3.06. The predicted octanol–water partition coefficient (Wildman–Crippen LogP) is 11.5. The van der Waals surface area contributed by atoms with Crippen LogP contribution in [0.3, 0.4) is 0 Å². The summed E-state index contributed by atoms with van der Waals surface area (Å²) in [6, 6.07) is -1.08. The number of aliphatic hydroxyl groups is 1. The molecule has 0 radical (unpaired) electrons. The van der Waals surface area contributed by atoms with E-state index in [0.717, 1.165) is 64.2 Å². The van der Waals surface area contributed by atoms with Gasteiger partial charge in [0.15, 0.2) is 0 Å². The van der Waals surface area contributed by atoms with Crippen LogP contribution in [-0.4, -0.2) is 41.9 Å². The molecule has 0 aliphatic heterocycles. The Hall–Kier alpha value is -2.22. The number of rotatable bonds is 34. The normalized spacial score (nSPS) is 14.1. The minimum absolute atomic E-state index is 0.275. The summed E-state index contributed by atoms with van der Waals surface area (Å²) in [5.41, 5.74) is 0. The lowest BCUT2D eigenvalue weighted by Crippen LogP contribution is -2.46. The van der Waals surface area contributed by atoms with Crippen molar-refractivity contribution in [2.75, 3.05) is 5.75 Å². The number of nitrogens with one attached hydrogen (secondary N) is 1. The Bertz CT molecular complexity index is 1040. The van der Waals surface area contributed by atoms with Crippen LogP contribution in [0.4, 0.5) is 0 Å². The molecule has 0 spiro atoms. The van der Waals surface area contributed by atoms with Crippen LogP contribution in [0, 0.1) is 0 Å². The second-order valence-corrected chi connectivity index (χ2v) is 14.7. The molecule has 0 aliphatic rings. The van der Waals surface area contributed by atoms with Crippen LogP contribution >= 0.6 is 0 Å². The molecule has 0 fully saturated rings. The van der Waals surface area contributed by atoms with E-state index in [1.165, 1.54) is 76.7 Å². The van der Waals surface area contributed by atoms with Crippen molar-refractivity contribution < 1.29 is 22.9 Å². The quantitative estimate of drug-likeness (QED) is 0.0351. The summed E-state index contributed by atoms with van der Waals surface area (Å²) >= 11 is 0. The molecule has 6 nitrogen and oxygen atoms in total. The number of carbonyl (C=O) groups is 1. The molecular formula is C42H73NO5S. The number of amides is 1. The number of allylic oxidation sites excluding steroid dienone is 11. The number of hydrogen-bond donors (Lipinski definition) is 3. The molecule has 0 aromatic heterocycles. The van der Waals surface area contributed by atoms with Gasteiger partial charge in [-0.3, -0.25) is 9.35 Å². The maximum absolute atomic E-state index is 12.5. The van der Waals surface area contributed by atoms with Gasteiger partial charge in [-0.2, -0.15) is 8.42 Å². The smallest absolute Gasteiger partial charge is 0.267 e. The molecule has 2 atom stereocenters. The minimum atomic E-state index is -4.36. The monoisotopic (exact) mass is 704 g/mol. The Labute approximate surface area is 302 Å². The maximum atomic E-state index is 12.5. The van der Waals surface area contributed by atoms with Crippen LogP contribution in [0.1, 0.15) is 168 Å². The molecule has 1 amide bonds.